The second kappa shape index (κ2) is 10.6. The minimum Gasteiger partial charge on any atom is -0.0985 e. The van der Waals surface area contributed by atoms with Crippen molar-refractivity contribution in [3.05, 3.63) is 83.9 Å². The van der Waals surface area contributed by atoms with Crippen LogP contribution in [0.1, 0.15) is 60.8 Å². The van der Waals surface area contributed by atoms with Gasteiger partial charge in [-0.1, -0.05) is 99.5 Å². The number of rotatable bonds is 11. The predicted octanol–water partition coefficient (Wildman–Crippen LogP) is 7.10. The van der Waals surface area contributed by atoms with E-state index in [9.17, 15) is 0 Å². The van der Waals surface area contributed by atoms with Gasteiger partial charge in [-0.15, -0.1) is 0 Å². The van der Waals surface area contributed by atoms with Crippen LogP contribution in [0.3, 0.4) is 0 Å². The third kappa shape index (κ3) is 5.85. The third-order valence-corrected chi connectivity index (χ3v) is 4.69. The Kier molecular flexibility index (Phi) is 8.10. The van der Waals surface area contributed by atoms with Crippen LogP contribution in [0.25, 0.3) is 12.2 Å². The fraction of sp³-hybridized carbons (Fsp3) is 0.333. The van der Waals surface area contributed by atoms with Crippen LogP contribution >= 0.6 is 0 Å². The maximum atomic E-state index is 3.90. The summed E-state index contributed by atoms with van der Waals surface area (Å²) in [7, 11) is 0. The molecule has 2 rings (SSSR count). The summed E-state index contributed by atoms with van der Waals surface area (Å²) in [6.45, 7) is 7.80. The average molecular weight is 319 g/mol. The largest absolute Gasteiger partial charge is 0.0985 e. The Hall–Kier alpha value is -2.08. The summed E-state index contributed by atoms with van der Waals surface area (Å²) in [4.78, 5) is 0. The average Bonchev–Trinajstić information content (AvgIpc) is 2.64. The van der Waals surface area contributed by atoms with Crippen molar-refractivity contribution in [3.8, 4) is 0 Å². The molecule has 0 saturated heterocycles. The minimum absolute atomic E-state index is 1.18. The van der Waals surface area contributed by atoms with E-state index in [2.05, 4.69) is 61.7 Å². The Bertz CT molecular complexity index is 578. The molecule has 0 unspecified atom stereocenters. The van der Waals surface area contributed by atoms with Crippen molar-refractivity contribution in [1.82, 2.24) is 0 Å². The molecule has 2 aromatic carbocycles. The van der Waals surface area contributed by atoms with Gasteiger partial charge in [0.05, 0.1) is 0 Å². The van der Waals surface area contributed by atoms with Crippen LogP contribution in [0.5, 0.6) is 0 Å². The van der Waals surface area contributed by atoms with Crippen LogP contribution in [-0.2, 0) is 12.8 Å². The van der Waals surface area contributed by atoms with E-state index >= 15 is 0 Å². The maximum Gasteiger partial charge on any atom is -0.0230 e. The summed E-state index contributed by atoms with van der Waals surface area (Å²) < 4.78 is 0. The van der Waals surface area contributed by atoms with Crippen molar-refractivity contribution >= 4 is 12.2 Å². The Balaban J connectivity index is 1.57. The molecule has 0 nitrogen and oxygen atoms in total. The SMILES string of the molecule is C=Cc1ccccc1CCCCCCCCc1ccccc1C=C. The highest BCUT2D eigenvalue weighted by Gasteiger charge is 2.00. The first kappa shape index (κ1) is 18.3. The monoisotopic (exact) mass is 318 g/mol. The van der Waals surface area contributed by atoms with E-state index in [1.165, 1.54) is 73.6 Å². The van der Waals surface area contributed by atoms with Crippen molar-refractivity contribution < 1.29 is 0 Å². The standard InChI is InChI=1S/C24H30/c1-3-21-15-11-13-19-23(21)17-9-7-5-6-8-10-18-24-20-14-12-16-22(24)4-2/h3-4,11-16,19-20H,1-2,5-10,17-18H2. The molecule has 0 atom stereocenters. The number of benzene rings is 2. The Morgan fingerprint density at radius 3 is 1.33 bits per heavy atom. The fourth-order valence-corrected chi connectivity index (χ4v) is 3.26. The highest BCUT2D eigenvalue weighted by Crippen LogP contribution is 2.17. The molecule has 0 amide bonds. The lowest BCUT2D eigenvalue weighted by molar-refractivity contribution is 0.593. The molecule has 0 bridgehead atoms. The van der Waals surface area contributed by atoms with E-state index in [1.807, 2.05) is 12.2 Å². The van der Waals surface area contributed by atoms with E-state index in [4.69, 9.17) is 0 Å². The highest BCUT2D eigenvalue weighted by atomic mass is 14.1. The molecule has 0 N–H and O–H groups in total. The second-order valence-electron chi connectivity index (χ2n) is 6.43. The summed E-state index contributed by atoms with van der Waals surface area (Å²) >= 11 is 0. The summed E-state index contributed by atoms with van der Waals surface area (Å²) in [5.41, 5.74) is 5.46. The third-order valence-electron chi connectivity index (χ3n) is 4.69. The topological polar surface area (TPSA) is 0 Å². The predicted molar refractivity (Wildman–Crippen MR) is 108 cm³/mol. The first-order valence-corrected chi connectivity index (χ1v) is 9.26. The maximum absolute atomic E-state index is 3.90. The van der Waals surface area contributed by atoms with E-state index in [-0.39, 0.29) is 0 Å². The summed E-state index contributed by atoms with van der Waals surface area (Å²) in [5, 5.41) is 0. The summed E-state index contributed by atoms with van der Waals surface area (Å²) in [6.07, 6.45) is 14.2. The molecule has 0 heterocycles. The molecule has 126 valence electrons. The first-order valence-electron chi connectivity index (χ1n) is 9.26. The van der Waals surface area contributed by atoms with Crippen molar-refractivity contribution in [1.29, 1.82) is 0 Å². The van der Waals surface area contributed by atoms with Gasteiger partial charge in [0.15, 0.2) is 0 Å². The zero-order valence-electron chi connectivity index (χ0n) is 14.8. The summed E-state index contributed by atoms with van der Waals surface area (Å²) in [6, 6.07) is 17.2. The van der Waals surface area contributed by atoms with E-state index in [1.54, 1.807) is 0 Å². The molecular weight excluding hydrogens is 288 g/mol. The molecule has 0 aromatic heterocycles. The number of aryl methyl sites for hydroxylation is 2. The lowest BCUT2D eigenvalue weighted by atomic mass is 9.99. The van der Waals surface area contributed by atoms with E-state index in [0.717, 1.165) is 0 Å². The van der Waals surface area contributed by atoms with E-state index < -0.39 is 0 Å². The van der Waals surface area contributed by atoms with Crippen molar-refractivity contribution in [2.45, 2.75) is 51.4 Å². The van der Waals surface area contributed by atoms with Crippen LogP contribution in [0, 0.1) is 0 Å². The zero-order valence-corrected chi connectivity index (χ0v) is 14.8. The lowest BCUT2D eigenvalue weighted by Crippen LogP contribution is -1.91. The normalized spacial score (nSPS) is 10.5. The summed E-state index contributed by atoms with van der Waals surface area (Å²) in [5.74, 6) is 0. The quantitative estimate of drug-likeness (QED) is 0.388. The lowest BCUT2D eigenvalue weighted by Gasteiger charge is -2.07. The van der Waals surface area contributed by atoms with Crippen LogP contribution < -0.4 is 0 Å². The van der Waals surface area contributed by atoms with Gasteiger partial charge < -0.3 is 0 Å². The molecular formula is C24H30. The second-order valence-corrected chi connectivity index (χ2v) is 6.43. The Morgan fingerprint density at radius 2 is 0.917 bits per heavy atom. The van der Waals surface area contributed by atoms with Gasteiger partial charge in [-0.25, -0.2) is 0 Å². The molecule has 0 fully saturated rings. The first-order chi connectivity index (χ1) is 11.8. The van der Waals surface area contributed by atoms with Crippen LogP contribution in [-0.4, -0.2) is 0 Å². The van der Waals surface area contributed by atoms with Gasteiger partial charge in [-0.3, -0.25) is 0 Å². The van der Waals surface area contributed by atoms with Gasteiger partial charge in [0, 0.05) is 0 Å². The molecule has 0 saturated carbocycles. The smallest absolute Gasteiger partial charge is 0.0230 e. The van der Waals surface area contributed by atoms with Crippen molar-refractivity contribution in [3.63, 3.8) is 0 Å². The minimum atomic E-state index is 1.18. The van der Waals surface area contributed by atoms with Gasteiger partial charge in [0.2, 0.25) is 0 Å². The number of hydrogen-bond acceptors (Lipinski definition) is 0. The van der Waals surface area contributed by atoms with Gasteiger partial charge in [0.25, 0.3) is 0 Å². The van der Waals surface area contributed by atoms with E-state index in [0.29, 0.717) is 0 Å². The molecule has 24 heavy (non-hydrogen) atoms. The number of hydrogen-bond donors (Lipinski definition) is 0. The molecule has 0 heteroatoms. The van der Waals surface area contributed by atoms with Crippen molar-refractivity contribution in [2.24, 2.45) is 0 Å². The van der Waals surface area contributed by atoms with Crippen LogP contribution in [0.4, 0.5) is 0 Å². The molecule has 0 aliphatic carbocycles. The van der Waals surface area contributed by atoms with Gasteiger partial charge in [-0.2, -0.15) is 0 Å². The van der Waals surface area contributed by atoms with Gasteiger partial charge >= 0.3 is 0 Å². The molecule has 0 aliphatic heterocycles. The molecule has 0 aliphatic rings. The fourth-order valence-electron chi connectivity index (χ4n) is 3.26. The van der Waals surface area contributed by atoms with Crippen LogP contribution in [0.15, 0.2) is 61.7 Å². The molecule has 0 spiro atoms. The van der Waals surface area contributed by atoms with Gasteiger partial charge in [0.1, 0.15) is 0 Å². The zero-order chi connectivity index (χ0) is 17.0. The Labute approximate surface area is 147 Å². The van der Waals surface area contributed by atoms with Crippen LogP contribution in [0.2, 0.25) is 0 Å². The molecule has 0 radical (unpaired) electrons. The highest BCUT2D eigenvalue weighted by molar-refractivity contribution is 5.52. The Morgan fingerprint density at radius 1 is 0.542 bits per heavy atom. The van der Waals surface area contributed by atoms with Crippen molar-refractivity contribution in [2.75, 3.05) is 0 Å². The van der Waals surface area contributed by atoms with Gasteiger partial charge in [-0.05, 0) is 47.9 Å². The number of unbranched alkanes of at least 4 members (excludes halogenated alkanes) is 5. The molecule has 2 aromatic rings.